The van der Waals surface area contributed by atoms with Crippen LogP contribution in [0.25, 0.3) is 0 Å². The standard InChI is InChI=1S/C19H32N2.ClH/c1-2-8-19(7-1)17-11-20(9-15-3-4-15)12-18(19)14-21(13-17)10-16-5-6-16;/h15-18H,1-14H2;1H. The van der Waals surface area contributed by atoms with Gasteiger partial charge in [0, 0.05) is 39.3 Å². The van der Waals surface area contributed by atoms with Gasteiger partial charge in [0.25, 0.3) is 0 Å². The lowest BCUT2D eigenvalue weighted by atomic mass is 9.60. The van der Waals surface area contributed by atoms with Crippen molar-refractivity contribution in [2.75, 3.05) is 39.3 Å². The predicted octanol–water partition coefficient (Wildman–Crippen LogP) is 3.65. The van der Waals surface area contributed by atoms with Crippen LogP contribution in [0.5, 0.6) is 0 Å². The predicted molar refractivity (Wildman–Crippen MR) is 93.5 cm³/mol. The van der Waals surface area contributed by atoms with E-state index in [1.54, 1.807) is 12.8 Å². The smallest absolute Gasteiger partial charge is 0.00276 e. The van der Waals surface area contributed by atoms with Gasteiger partial charge in [-0.25, -0.2) is 0 Å². The van der Waals surface area contributed by atoms with E-state index >= 15 is 0 Å². The molecule has 22 heavy (non-hydrogen) atoms. The van der Waals surface area contributed by atoms with Crippen LogP contribution in [-0.2, 0) is 0 Å². The van der Waals surface area contributed by atoms with Crippen molar-refractivity contribution < 1.29 is 0 Å². The van der Waals surface area contributed by atoms with Gasteiger partial charge in [0.15, 0.2) is 0 Å². The molecule has 5 fully saturated rings. The monoisotopic (exact) mass is 324 g/mol. The highest BCUT2D eigenvalue weighted by Gasteiger charge is 2.54. The zero-order valence-electron chi connectivity index (χ0n) is 14.0. The molecule has 3 heteroatoms. The second kappa shape index (κ2) is 5.93. The van der Waals surface area contributed by atoms with E-state index in [-0.39, 0.29) is 12.4 Å². The molecule has 2 nitrogen and oxygen atoms in total. The second-order valence-corrected chi connectivity index (χ2v) is 9.16. The van der Waals surface area contributed by atoms with Crippen molar-refractivity contribution in [3.63, 3.8) is 0 Å². The van der Waals surface area contributed by atoms with Gasteiger partial charge in [0.05, 0.1) is 0 Å². The Morgan fingerprint density at radius 3 is 1.45 bits per heavy atom. The van der Waals surface area contributed by atoms with E-state index < -0.39 is 0 Å². The van der Waals surface area contributed by atoms with E-state index in [4.69, 9.17) is 0 Å². The van der Waals surface area contributed by atoms with Gasteiger partial charge in [-0.3, -0.25) is 0 Å². The topological polar surface area (TPSA) is 6.48 Å². The van der Waals surface area contributed by atoms with Crippen LogP contribution in [0.1, 0.15) is 51.4 Å². The summed E-state index contributed by atoms with van der Waals surface area (Å²) in [6, 6.07) is 0. The molecule has 0 atom stereocenters. The minimum atomic E-state index is 0. The van der Waals surface area contributed by atoms with E-state index in [1.807, 2.05) is 0 Å². The number of halogens is 1. The van der Waals surface area contributed by atoms with E-state index in [9.17, 15) is 0 Å². The molecule has 2 bridgehead atoms. The van der Waals surface area contributed by atoms with Gasteiger partial charge in [-0.1, -0.05) is 12.8 Å². The molecule has 0 unspecified atom stereocenters. The minimum Gasteiger partial charge on any atom is -0.302 e. The molecule has 0 aromatic carbocycles. The summed E-state index contributed by atoms with van der Waals surface area (Å²) in [5.74, 6) is 4.16. The highest BCUT2D eigenvalue weighted by Crippen LogP contribution is 2.55. The van der Waals surface area contributed by atoms with E-state index in [1.165, 1.54) is 77.8 Å². The number of hydrogen-bond donors (Lipinski definition) is 0. The zero-order valence-corrected chi connectivity index (χ0v) is 14.8. The van der Waals surface area contributed by atoms with Gasteiger partial charge >= 0.3 is 0 Å². The van der Waals surface area contributed by atoms with Gasteiger partial charge in [0.1, 0.15) is 0 Å². The largest absolute Gasteiger partial charge is 0.302 e. The summed E-state index contributed by atoms with van der Waals surface area (Å²) in [5.41, 5.74) is 0.778. The van der Waals surface area contributed by atoms with Gasteiger partial charge in [0.2, 0.25) is 0 Å². The van der Waals surface area contributed by atoms with Crippen LogP contribution in [0.2, 0.25) is 0 Å². The van der Waals surface area contributed by atoms with E-state index in [0.717, 1.165) is 29.1 Å². The Balaban J connectivity index is 0.00000125. The summed E-state index contributed by atoms with van der Waals surface area (Å²) in [6.45, 7) is 8.63. The van der Waals surface area contributed by atoms with Crippen molar-refractivity contribution in [2.45, 2.75) is 51.4 Å². The highest BCUT2D eigenvalue weighted by atomic mass is 35.5. The van der Waals surface area contributed by atoms with Crippen LogP contribution >= 0.6 is 12.4 Å². The fourth-order valence-corrected chi connectivity index (χ4v) is 6.05. The number of hydrogen-bond acceptors (Lipinski definition) is 2. The molecule has 2 saturated heterocycles. The SMILES string of the molecule is C1CCC2(C1)C1CN(CC3CC3)CC2CN(CC2CC2)C1.Cl. The molecular formula is C19H33ClN2. The van der Waals surface area contributed by atoms with Gasteiger partial charge in [-0.15, -0.1) is 12.4 Å². The molecule has 1 spiro atoms. The molecule has 2 aliphatic heterocycles. The lowest BCUT2D eigenvalue weighted by Crippen LogP contribution is -2.62. The Bertz CT molecular complexity index is 354. The fourth-order valence-electron chi connectivity index (χ4n) is 6.05. The van der Waals surface area contributed by atoms with E-state index in [2.05, 4.69) is 9.80 Å². The highest BCUT2D eigenvalue weighted by molar-refractivity contribution is 5.85. The Morgan fingerprint density at radius 1 is 0.682 bits per heavy atom. The van der Waals surface area contributed by atoms with Crippen molar-refractivity contribution in [1.29, 1.82) is 0 Å². The number of piperidine rings is 2. The molecule has 0 radical (unpaired) electrons. The average Bonchev–Trinajstić information content (AvgIpc) is 3.36. The Hall–Kier alpha value is 0.210. The third kappa shape index (κ3) is 2.84. The first-order chi connectivity index (χ1) is 10.3. The molecule has 3 aliphatic carbocycles. The lowest BCUT2D eigenvalue weighted by molar-refractivity contribution is -0.0903. The summed E-state index contributed by atoms with van der Waals surface area (Å²) in [4.78, 5) is 5.76. The van der Waals surface area contributed by atoms with Gasteiger partial charge in [-0.2, -0.15) is 0 Å². The first-order valence-electron chi connectivity index (χ1n) is 9.76. The van der Waals surface area contributed by atoms with Crippen molar-refractivity contribution in [1.82, 2.24) is 9.80 Å². The van der Waals surface area contributed by atoms with E-state index in [0.29, 0.717) is 0 Å². The quantitative estimate of drug-likeness (QED) is 0.779. The van der Waals surface area contributed by atoms with Crippen LogP contribution in [-0.4, -0.2) is 49.1 Å². The lowest BCUT2D eigenvalue weighted by Gasteiger charge is -2.58. The first-order valence-corrected chi connectivity index (χ1v) is 9.76. The first kappa shape index (κ1) is 15.7. The van der Waals surface area contributed by atoms with Crippen LogP contribution in [0, 0.1) is 29.1 Å². The van der Waals surface area contributed by atoms with Crippen molar-refractivity contribution in [2.24, 2.45) is 29.1 Å². The Labute approximate surface area is 142 Å². The molecule has 0 amide bonds. The fraction of sp³-hybridized carbons (Fsp3) is 1.00. The molecule has 0 N–H and O–H groups in total. The maximum Gasteiger partial charge on any atom is 0.00276 e. The average molecular weight is 325 g/mol. The van der Waals surface area contributed by atoms with Gasteiger partial charge in [-0.05, 0) is 67.6 Å². The van der Waals surface area contributed by atoms with Crippen LogP contribution < -0.4 is 0 Å². The summed E-state index contributed by atoms with van der Waals surface area (Å²) < 4.78 is 0. The molecule has 2 heterocycles. The minimum absolute atomic E-state index is 0. The normalized spacial score (nSPS) is 38.2. The summed E-state index contributed by atoms with van der Waals surface area (Å²) in [6.07, 6.45) is 12.3. The maximum absolute atomic E-state index is 2.88. The molecule has 0 aromatic heterocycles. The summed E-state index contributed by atoms with van der Waals surface area (Å²) >= 11 is 0. The number of rotatable bonds is 4. The molecule has 126 valence electrons. The van der Waals surface area contributed by atoms with Crippen LogP contribution in [0.4, 0.5) is 0 Å². The molecule has 3 saturated carbocycles. The molecule has 0 aromatic rings. The molecule has 5 rings (SSSR count). The molecular weight excluding hydrogens is 292 g/mol. The van der Waals surface area contributed by atoms with Crippen molar-refractivity contribution in [3.05, 3.63) is 0 Å². The summed E-state index contributed by atoms with van der Waals surface area (Å²) in [7, 11) is 0. The Morgan fingerprint density at radius 2 is 1.09 bits per heavy atom. The number of likely N-dealkylation sites (tertiary alicyclic amines) is 2. The van der Waals surface area contributed by atoms with Crippen LogP contribution in [0.15, 0.2) is 0 Å². The second-order valence-electron chi connectivity index (χ2n) is 9.16. The third-order valence-electron chi connectivity index (χ3n) is 7.50. The van der Waals surface area contributed by atoms with Crippen LogP contribution in [0.3, 0.4) is 0 Å². The van der Waals surface area contributed by atoms with Gasteiger partial charge < -0.3 is 9.80 Å². The zero-order chi connectivity index (χ0) is 13.9. The number of nitrogens with zero attached hydrogens (tertiary/aromatic N) is 2. The maximum atomic E-state index is 2.88. The van der Waals surface area contributed by atoms with Crippen molar-refractivity contribution in [3.8, 4) is 0 Å². The third-order valence-corrected chi connectivity index (χ3v) is 7.50. The summed E-state index contributed by atoms with van der Waals surface area (Å²) in [5, 5.41) is 0. The Kier molecular flexibility index (Phi) is 4.24. The van der Waals surface area contributed by atoms with Crippen molar-refractivity contribution >= 4 is 12.4 Å². The molecule has 5 aliphatic rings.